The summed E-state index contributed by atoms with van der Waals surface area (Å²) in [6.45, 7) is 13.5. The highest BCUT2D eigenvalue weighted by Crippen LogP contribution is 2.42. The molecule has 0 aromatic heterocycles. The normalized spacial score (nSPS) is 16.9. The van der Waals surface area contributed by atoms with Gasteiger partial charge in [-0.15, -0.1) is 0 Å². The summed E-state index contributed by atoms with van der Waals surface area (Å²) in [4.78, 5) is 0. The molecule has 0 saturated heterocycles. The van der Waals surface area contributed by atoms with Gasteiger partial charge in [0.1, 0.15) is 0 Å². The summed E-state index contributed by atoms with van der Waals surface area (Å²) in [6.07, 6.45) is 2.61. The van der Waals surface area contributed by atoms with E-state index in [4.69, 9.17) is 5.73 Å². The van der Waals surface area contributed by atoms with E-state index in [1.807, 2.05) is 0 Å². The van der Waals surface area contributed by atoms with Gasteiger partial charge in [-0.1, -0.05) is 41.5 Å². The van der Waals surface area contributed by atoms with E-state index < -0.39 is 5.60 Å². The van der Waals surface area contributed by atoms with E-state index in [0.29, 0.717) is 18.4 Å². The molecule has 0 aromatic rings. The molecule has 0 heterocycles. The quantitative estimate of drug-likeness (QED) is 0.704. The molecule has 16 heavy (non-hydrogen) atoms. The molecule has 1 unspecified atom stereocenters. The Balaban J connectivity index is 5.03. The molecule has 1 atom stereocenters. The van der Waals surface area contributed by atoms with Gasteiger partial charge >= 0.3 is 0 Å². The molecule has 0 amide bonds. The zero-order valence-electron chi connectivity index (χ0n) is 12.0. The molecular formula is C14H31NO. The molecule has 0 aliphatic heterocycles. The topological polar surface area (TPSA) is 46.2 Å². The number of hydrogen-bond acceptors (Lipinski definition) is 2. The van der Waals surface area contributed by atoms with Crippen molar-refractivity contribution < 1.29 is 5.11 Å². The SMILES string of the molecule is CCC(C)(CN)C(O)(CC(C)C)CC(C)C. The summed E-state index contributed by atoms with van der Waals surface area (Å²) < 4.78 is 0. The largest absolute Gasteiger partial charge is 0.389 e. The highest BCUT2D eigenvalue weighted by Gasteiger charge is 2.44. The maximum Gasteiger partial charge on any atom is 0.0717 e. The van der Waals surface area contributed by atoms with Crippen molar-refractivity contribution in [2.24, 2.45) is 23.0 Å². The molecule has 3 N–H and O–H groups in total. The Hall–Kier alpha value is -0.0800. The molecule has 0 radical (unpaired) electrons. The predicted molar refractivity (Wildman–Crippen MR) is 71.3 cm³/mol. The van der Waals surface area contributed by atoms with Crippen LogP contribution in [0.4, 0.5) is 0 Å². The molecular weight excluding hydrogens is 198 g/mol. The van der Waals surface area contributed by atoms with Crippen molar-refractivity contribution >= 4 is 0 Å². The van der Waals surface area contributed by atoms with E-state index in [2.05, 4.69) is 41.5 Å². The first kappa shape index (κ1) is 15.9. The van der Waals surface area contributed by atoms with Gasteiger partial charge in [-0.2, -0.15) is 0 Å². The number of nitrogens with two attached hydrogens (primary N) is 1. The molecule has 2 nitrogen and oxygen atoms in total. The summed E-state index contributed by atoms with van der Waals surface area (Å²) in [7, 11) is 0. The Kier molecular flexibility index (Phi) is 5.99. The van der Waals surface area contributed by atoms with Gasteiger partial charge in [0.25, 0.3) is 0 Å². The third-order valence-corrected chi connectivity index (χ3v) is 3.85. The molecule has 0 spiro atoms. The van der Waals surface area contributed by atoms with E-state index in [0.717, 1.165) is 19.3 Å². The van der Waals surface area contributed by atoms with Crippen LogP contribution in [0.2, 0.25) is 0 Å². The lowest BCUT2D eigenvalue weighted by molar-refractivity contribution is -0.101. The van der Waals surface area contributed by atoms with Gasteiger partial charge in [0.2, 0.25) is 0 Å². The van der Waals surface area contributed by atoms with Crippen LogP contribution in [0, 0.1) is 17.3 Å². The van der Waals surface area contributed by atoms with Crippen molar-refractivity contribution in [1.29, 1.82) is 0 Å². The Morgan fingerprint density at radius 2 is 1.44 bits per heavy atom. The number of rotatable bonds is 7. The Bertz CT molecular complexity index is 185. The van der Waals surface area contributed by atoms with Gasteiger partial charge in [-0.05, 0) is 31.1 Å². The first-order chi connectivity index (χ1) is 7.20. The zero-order chi connectivity index (χ0) is 13.0. The lowest BCUT2D eigenvalue weighted by atomic mass is 9.65. The first-order valence-electron chi connectivity index (χ1n) is 6.63. The monoisotopic (exact) mass is 229 g/mol. The number of hydrogen-bond donors (Lipinski definition) is 2. The van der Waals surface area contributed by atoms with Crippen molar-refractivity contribution in [2.45, 2.75) is 66.4 Å². The second-order valence-electron chi connectivity index (χ2n) is 6.35. The Labute approximate surface area is 102 Å². The summed E-state index contributed by atoms with van der Waals surface area (Å²) in [5.74, 6) is 1.00. The van der Waals surface area contributed by atoms with Gasteiger partial charge in [0.15, 0.2) is 0 Å². The van der Waals surface area contributed by atoms with Gasteiger partial charge in [-0.25, -0.2) is 0 Å². The van der Waals surface area contributed by atoms with Crippen LogP contribution < -0.4 is 5.73 Å². The third kappa shape index (κ3) is 3.74. The van der Waals surface area contributed by atoms with E-state index >= 15 is 0 Å². The number of aliphatic hydroxyl groups is 1. The Morgan fingerprint density at radius 1 is 1.06 bits per heavy atom. The van der Waals surface area contributed by atoms with Crippen LogP contribution in [0.5, 0.6) is 0 Å². The summed E-state index contributed by atoms with van der Waals surface area (Å²) in [5.41, 5.74) is 5.10. The van der Waals surface area contributed by atoms with Gasteiger partial charge in [0, 0.05) is 12.0 Å². The molecule has 2 heteroatoms. The van der Waals surface area contributed by atoms with Crippen molar-refractivity contribution in [2.75, 3.05) is 6.54 Å². The van der Waals surface area contributed by atoms with Crippen LogP contribution in [0.1, 0.15) is 60.8 Å². The van der Waals surface area contributed by atoms with Crippen molar-refractivity contribution in [3.8, 4) is 0 Å². The van der Waals surface area contributed by atoms with Crippen LogP contribution in [-0.4, -0.2) is 17.3 Å². The second kappa shape index (κ2) is 6.02. The predicted octanol–water partition coefficient (Wildman–Crippen LogP) is 3.18. The highest BCUT2D eigenvalue weighted by molar-refractivity contribution is 4.97. The van der Waals surface area contributed by atoms with E-state index in [1.165, 1.54) is 0 Å². The minimum absolute atomic E-state index is 0.165. The van der Waals surface area contributed by atoms with Crippen LogP contribution in [0.3, 0.4) is 0 Å². The lowest BCUT2D eigenvalue weighted by Gasteiger charge is -2.46. The first-order valence-corrected chi connectivity index (χ1v) is 6.63. The lowest BCUT2D eigenvalue weighted by Crippen LogP contribution is -2.52. The van der Waals surface area contributed by atoms with Crippen molar-refractivity contribution in [3.63, 3.8) is 0 Å². The van der Waals surface area contributed by atoms with Gasteiger partial charge < -0.3 is 10.8 Å². The smallest absolute Gasteiger partial charge is 0.0717 e. The minimum Gasteiger partial charge on any atom is -0.389 e. The summed E-state index contributed by atoms with van der Waals surface area (Å²) in [5, 5.41) is 11.0. The maximum absolute atomic E-state index is 11.0. The van der Waals surface area contributed by atoms with Crippen LogP contribution in [-0.2, 0) is 0 Å². The molecule has 0 aliphatic rings. The molecule has 0 fully saturated rings. The fraction of sp³-hybridized carbons (Fsp3) is 1.00. The van der Waals surface area contributed by atoms with Crippen molar-refractivity contribution in [3.05, 3.63) is 0 Å². The molecule has 98 valence electrons. The molecule has 0 saturated carbocycles. The average Bonchev–Trinajstić information content (AvgIpc) is 2.13. The maximum atomic E-state index is 11.0. The zero-order valence-corrected chi connectivity index (χ0v) is 12.0. The summed E-state index contributed by atoms with van der Waals surface area (Å²) >= 11 is 0. The fourth-order valence-corrected chi connectivity index (χ4v) is 2.59. The minimum atomic E-state index is -0.626. The molecule has 0 rings (SSSR count). The van der Waals surface area contributed by atoms with Crippen LogP contribution in [0.25, 0.3) is 0 Å². The van der Waals surface area contributed by atoms with Gasteiger partial charge in [-0.3, -0.25) is 0 Å². The van der Waals surface area contributed by atoms with Crippen LogP contribution >= 0.6 is 0 Å². The molecule has 0 aromatic carbocycles. The standard InChI is InChI=1S/C14H31NO/c1-7-13(6,10-15)14(16,8-11(2)3)9-12(4)5/h11-12,16H,7-10,15H2,1-6H3. The average molecular weight is 229 g/mol. The second-order valence-corrected chi connectivity index (χ2v) is 6.35. The third-order valence-electron chi connectivity index (χ3n) is 3.85. The van der Waals surface area contributed by atoms with E-state index in [-0.39, 0.29) is 5.41 Å². The van der Waals surface area contributed by atoms with E-state index in [1.54, 1.807) is 0 Å². The van der Waals surface area contributed by atoms with Gasteiger partial charge in [0.05, 0.1) is 5.60 Å². The molecule has 0 aliphatic carbocycles. The summed E-state index contributed by atoms with van der Waals surface area (Å²) in [6, 6.07) is 0. The van der Waals surface area contributed by atoms with E-state index in [9.17, 15) is 5.11 Å². The molecule has 0 bridgehead atoms. The Morgan fingerprint density at radius 3 is 1.62 bits per heavy atom. The van der Waals surface area contributed by atoms with Crippen LogP contribution in [0.15, 0.2) is 0 Å². The fourth-order valence-electron chi connectivity index (χ4n) is 2.59. The van der Waals surface area contributed by atoms with Crippen molar-refractivity contribution in [1.82, 2.24) is 0 Å². The highest BCUT2D eigenvalue weighted by atomic mass is 16.3.